The van der Waals surface area contributed by atoms with Crippen molar-refractivity contribution in [1.82, 2.24) is 0 Å². The molecule has 6 nitrogen and oxygen atoms in total. The van der Waals surface area contributed by atoms with Crippen molar-refractivity contribution in [3.63, 3.8) is 0 Å². The van der Waals surface area contributed by atoms with Crippen LogP contribution in [0.5, 0.6) is 0 Å². The summed E-state index contributed by atoms with van der Waals surface area (Å²) in [6.07, 6.45) is 27.6. The molecule has 0 aromatic heterocycles. The molecule has 0 bridgehead atoms. The van der Waals surface area contributed by atoms with E-state index >= 15 is 0 Å². The molecule has 0 saturated heterocycles. The molecule has 0 spiro atoms. The van der Waals surface area contributed by atoms with E-state index in [0.29, 0.717) is 12.8 Å². The Morgan fingerprint density at radius 1 is 0.625 bits per heavy atom. The lowest BCUT2D eigenvalue weighted by atomic mass is 10.2. The molecule has 0 heterocycles. The first-order chi connectivity index (χ1) is 15.6. The molecule has 0 fully saturated rings. The van der Waals surface area contributed by atoms with E-state index in [9.17, 15) is 14.4 Å². The summed E-state index contributed by atoms with van der Waals surface area (Å²) >= 11 is 0. The smallest absolute Gasteiger partial charge is 0.306 e. The fourth-order valence-electron chi connectivity index (χ4n) is 2.40. The topological polar surface area (TPSA) is 89.9 Å². The number of aliphatic carboxylic acids is 1. The molecule has 0 radical (unpaired) electrons. The van der Waals surface area contributed by atoms with Gasteiger partial charge in [0, 0.05) is 6.42 Å². The van der Waals surface area contributed by atoms with Gasteiger partial charge in [0.25, 0.3) is 0 Å². The van der Waals surface area contributed by atoms with Crippen LogP contribution in [0.3, 0.4) is 0 Å². The number of hydrogen-bond acceptors (Lipinski definition) is 5. The summed E-state index contributed by atoms with van der Waals surface area (Å²) in [4.78, 5) is 33.1. The van der Waals surface area contributed by atoms with Crippen LogP contribution in [0.25, 0.3) is 0 Å². The average molecular weight is 447 g/mol. The van der Waals surface area contributed by atoms with Gasteiger partial charge in [-0.3, -0.25) is 14.4 Å². The van der Waals surface area contributed by atoms with Crippen LogP contribution >= 0.6 is 0 Å². The summed E-state index contributed by atoms with van der Waals surface area (Å²) in [6, 6.07) is 0. The van der Waals surface area contributed by atoms with Gasteiger partial charge in [-0.15, -0.1) is 0 Å². The highest BCUT2D eigenvalue weighted by Gasteiger charge is 2.07. The van der Waals surface area contributed by atoms with Crippen LogP contribution in [-0.2, 0) is 23.9 Å². The molecule has 0 aliphatic heterocycles. The third-order valence-corrected chi connectivity index (χ3v) is 4.06. The zero-order valence-corrected chi connectivity index (χ0v) is 19.2. The van der Waals surface area contributed by atoms with Crippen molar-refractivity contribution in [3.05, 3.63) is 60.8 Å². The highest BCUT2D eigenvalue weighted by atomic mass is 16.6. The maximum Gasteiger partial charge on any atom is 0.306 e. The fourth-order valence-corrected chi connectivity index (χ4v) is 2.40. The number of unbranched alkanes of at least 4 members (excludes halogenated alkanes) is 1. The lowest BCUT2D eigenvalue weighted by Gasteiger charge is -2.05. The number of allylic oxidation sites excluding steroid dienone is 10. The van der Waals surface area contributed by atoms with Crippen LogP contribution in [0.2, 0.25) is 0 Å². The van der Waals surface area contributed by atoms with Gasteiger partial charge in [-0.05, 0) is 44.9 Å². The minimum atomic E-state index is -1.05. The maximum absolute atomic E-state index is 11.6. The molecule has 0 saturated carbocycles. The normalized spacial score (nSPS) is 12.0. The quantitative estimate of drug-likeness (QED) is 0.152. The van der Waals surface area contributed by atoms with Crippen molar-refractivity contribution in [3.8, 4) is 0 Å². The lowest BCUT2D eigenvalue weighted by Crippen LogP contribution is -2.14. The fraction of sp³-hybridized carbons (Fsp3) is 0.500. The number of carbonyl (C=O) groups is 3. The van der Waals surface area contributed by atoms with E-state index < -0.39 is 11.9 Å². The summed E-state index contributed by atoms with van der Waals surface area (Å²) in [5, 5.41) is 8.46. The molecule has 0 aromatic rings. The molecule has 0 aromatic carbocycles. The second-order valence-corrected chi connectivity index (χ2v) is 6.93. The van der Waals surface area contributed by atoms with E-state index in [0.717, 1.165) is 38.5 Å². The standard InChI is InChI=1S/C26H38O6/c1-2-3-4-5-6-7-8-9-10-11-12-13-14-15-16-17-18-19-25(29)31-22-23-32-26(30)21-20-24(27)28/h3-4,6-7,9-10,12-13,15-16H,2,5,8,11,14,17-23H2,1H3,(H,27,28)/b4-3-,7-6-,10-9-,13-12-,16-15-. The zero-order valence-electron chi connectivity index (χ0n) is 19.2. The largest absolute Gasteiger partial charge is 0.481 e. The van der Waals surface area contributed by atoms with Crippen LogP contribution in [-0.4, -0.2) is 36.2 Å². The van der Waals surface area contributed by atoms with E-state index in [2.05, 4.69) is 67.7 Å². The number of ether oxygens (including phenoxy) is 2. The van der Waals surface area contributed by atoms with E-state index in [4.69, 9.17) is 14.6 Å². The second-order valence-electron chi connectivity index (χ2n) is 6.93. The van der Waals surface area contributed by atoms with Crippen molar-refractivity contribution in [2.45, 2.75) is 71.1 Å². The van der Waals surface area contributed by atoms with Crippen LogP contribution < -0.4 is 0 Å². The Kier molecular flexibility index (Phi) is 20.7. The van der Waals surface area contributed by atoms with Crippen molar-refractivity contribution in [2.24, 2.45) is 0 Å². The molecular formula is C26H38O6. The molecule has 0 atom stereocenters. The molecule has 0 rings (SSSR count). The Hall–Kier alpha value is -2.89. The number of carboxylic acid groups (broad SMARTS) is 1. The number of carbonyl (C=O) groups excluding carboxylic acids is 2. The van der Waals surface area contributed by atoms with Crippen LogP contribution in [0.4, 0.5) is 0 Å². The zero-order chi connectivity index (χ0) is 23.7. The van der Waals surface area contributed by atoms with Crippen molar-refractivity contribution in [2.75, 3.05) is 13.2 Å². The van der Waals surface area contributed by atoms with E-state index in [1.807, 2.05) is 0 Å². The molecular weight excluding hydrogens is 408 g/mol. The van der Waals surface area contributed by atoms with Gasteiger partial charge >= 0.3 is 17.9 Å². The summed E-state index contributed by atoms with van der Waals surface area (Å²) in [7, 11) is 0. The van der Waals surface area contributed by atoms with E-state index in [-0.39, 0.29) is 32.0 Å². The highest BCUT2D eigenvalue weighted by Crippen LogP contribution is 2.01. The summed E-state index contributed by atoms with van der Waals surface area (Å²) in [6.45, 7) is 2.06. The molecule has 1 N–H and O–H groups in total. The molecule has 0 aliphatic carbocycles. The predicted octanol–water partition coefficient (Wildman–Crippen LogP) is 5.86. The maximum atomic E-state index is 11.6. The predicted molar refractivity (Wildman–Crippen MR) is 127 cm³/mol. The number of carboxylic acids is 1. The van der Waals surface area contributed by atoms with Gasteiger partial charge in [-0.1, -0.05) is 67.7 Å². The Morgan fingerprint density at radius 2 is 1.06 bits per heavy atom. The van der Waals surface area contributed by atoms with Crippen LogP contribution in [0.1, 0.15) is 71.1 Å². The first kappa shape index (κ1) is 29.1. The molecule has 32 heavy (non-hydrogen) atoms. The Balaban J connectivity index is 3.56. The second kappa shape index (κ2) is 22.8. The van der Waals surface area contributed by atoms with Gasteiger partial charge in [0.2, 0.25) is 0 Å². The van der Waals surface area contributed by atoms with Gasteiger partial charge in [0.15, 0.2) is 0 Å². The van der Waals surface area contributed by atoms with Gasteiger partial charge in [-0.25, -0.2) is 0 Å². The molecule has 0 aliphatic rings. The summed E-state index contributed by atoms with van der Waals surface area (Å²) in [5.41, 5.74) is 0. The summed E-state index contributed by atoms with van der Waals surface area (Å²) in [5.74, 6) is -2.00. The van der Waals surface area contributed by atoms with E-state index in [1.54, 1.807) is 0 Å². The SMILES string of the molecule is CC/C=C\C/C=C\C/C=C\C/C=C\C/C=C\CCCC(=O)OCCOC(=O)CCC(=O)O. The van der Waals surface area contributed by atoms with Crippen molar-refractivity contribution in [1.29, 1.82) is 0 Å². The third kappa shape index (κ3) is 23.4. The van der Waals surface area contributed by atoms with Gasteiger partial charge in [0.05, 0.1) is 12.8 Å². The number of hydrogen-bond donors (Lipinski definition) is 1. The number of rotatable bonds is 19. The highest BCUT2D eigenvalue weighted by molar-refractivity contribution is 5.76. The third-order valence-electron chi connectivity index (χ3n) is 4.06. The minimum absolute atomic E-state index is 0.0146. The first-order valence-electron chi connectivity index (χ1n) is 11.3. The average Bonchev–Trinajstić information content (AvgIpc) is 2.77. The Bertz CT molecular complexity index is 655. The minimum Gasteiger partial charge on any atom is -0.481 e. The lowest BCUT2D eigenvalue weighted by molar-refractivity contribution is -0.153. The van der Waals surface area contributed by atoms with Crippen molar-refractivity contribution >= 4 is 17.9 Å². The van der Waals surface area contributed by atoms with Crippen LogP contribution in [0.15, 0.2) is 60.8 Å². The molecule has 0 amide bonds. The Labute approximate surface area is 192 Å². The number of esters is 2. The first-order valence-corrected chi connectivity index (χ1v) is 11.3. The monoisotopic (exact) mass is 446 g/mol. The van der Waals surface area contributed by atoms with E-state index in [1.165, 1.54) is 0 Å². The van der Waals surface area contributed by atoms with Gasteiger partial charge in [-0.2, -0.15) is 0 Å². The van der Waals surface area contributed by atoms with Crippen molar-refractivity contribution < 1.29 is 29.0 Å². The molecule has 6 heteroatoms. The molecule has 178 valence electrons. The molecule has 0 unspecified atom stereocenters. The van der Waals surface area contributed by atoms with Gasteiger partial charge in [0.1, 0.15) is 13.2 Å². The Morgan fingerprint density at radius 3 is 1.53 bits per heavy atom. The summed E-state index contributed by atoms with van der Waals surface area (Å²) < 4.78 is 9.74. The van der Waals surface area contributed by atoms with Gasteiger partial charge < -0.3 is 14.6 Å². The van der Waals surface area contributed by atoms with Crippen LogP contribution in [0, 0.1) is 0 Å².